The van der Waals surface area contributed by atoms with Crippen LogP contribution in [0.4, 0.5) is 0 Å². The van der Waals surface area contributed by atoms with Gasteiger partial charge >= 0.3 is 5.97 Å². The van der Waals surface area contributed by atoms with Crippen molar-refractivity contribution in [2.75, 3.05) is 13.7 Å². The number of methoxy groups -OCH3 is 1. The van der Waals surface area contributed by atoms with Gasteiger partial charge in [-0.15, -0.1) is 0 Å². The van der Waals surface area contributed by atoms with Crippen LogP contribution in [0.2, 0.25) is 0 Å². The molecule has 0 spiro atoms. The van der Waals surface area contributed by atoms with Crippen molar-refractivity contribution in [2.24, 2.45) is 4.99 Å². The number of hydrogen-bond donors (Lipinski definition) is 0. The van der Waals surface area contributed by atoms with E-state index in [1.54, 1.807) is 25.5 Å². The molecule has 0 saturated heterocycles. The molecule has 0 radical (unpaired) electrons. The number of esters is 1. The lowest BCUT2D eigenvalue weighted by molar-refractivity contribution is -0.139. The molecule has 0 bridgehead atoms. The van der Waals surface area contributed by atoms with Gasteiger partial charge < -0.3 is 14.0 Å². The number of fused-ring (bicyclic) bond motifs is 2. The number of halogens is 1. The number of aromatic nitrogens is 2. The first-order chi connectivity index (χ1) is 17.9. The van der Waals surface area contributed by atoms with Crippen molar-refractivity contribution in [3.8, 4) is 5.75 Å². The summed E-state index contributed by atoms with van der Waals surface area (Å²) in [5.41, 5.74) is 3.51. The second kappa shape index (κ2) is 10.1. The second-order valence-corrected chi connectivity index (χ2v) is 10.4. The lowest BCUT2D eigenvalue weighted by atomic mass is 9.96. The van der Waals surface area contributed by atoms with Gasteiger partial charge in [-0.05, 0) is 66.5 Å². The van der Waals surface area contributed by atoms with E-state index in [-0.39, 0.29) is 12.2 Å². The van der Waals surface area contributed by atoms with E-state index in [2.05, 4.69) is 50.7 Å². The van der Waals surface area contributed by atoms with E-state index in [1.807, 2.05) is 36.4 Å². The molecule has 0 saturated carbocycles. The Kier molecular flexibility index (Phi) is 6.92. The van der Waals surface area contributed by atoms with Crippen LogP contribution in [-0.4, -0.2) is 28.8 Å². The maximum Gasteiger partial charge on any atom is 0.338 e. The Balaban J connectivity index is 1.75. The number of rotatable bonds is 6. The van der Waals surface area contributed by atoms with Crippen molar-refractivity contribution in [3.63, 3.8) is 0 Å². The third-order valence-electron chi connectivity index (χ3n) is 6.46. The minimum atomic E-state index is -0.684. The lowest BCUT2D eigenvalue weighted by Gasteiger charge is -2.25. The summed E-state index contributed by atoms with van der Waals surface area (Å²) >= 11 is 4.86. The third-order valence-corrected chi connectivity index (χ3v) is 8.06. The molecule has 4 aromatic rings. The Labute approximate surface area is 226 Å². The fourth-order valence-corrected chi connectivity index (χ4v) is 6.35. The summed E-state index contributed by atoms with van der Waals surface area (Å²) in [4.78, 5) is 32.2. The first kappa shape index (κ1) is 25.2. The molecule has 190 valence electrons. The van der Waals surface area contributed by atoms with Gasteiger partial charge in [-0.3, -0.25) is 9.36 Å². The molecule has 0 N–H and O–H groups in total. The molecule has 2 aromatic carbocycles. The number of thiazole rings is 1. The Morgan fingerprint density at radius 1 is 1.22 bits per heavy atom. The molecular formula is C28H26BrN3O4S. The van der Waals surface area contributed by atoms with Crippen molar-refractivity contribution in [3.05, 3.63) is 95.2 Å². The maximum atomic E-state index is 13.9. The van der Waals surface area contributed by atoms with E-state index in [9.17, 15) is 9.59 Å². The standard InChI is InChI=1S/C28H26BrN3O4S/c1-5-31-15-18(19-9-7-8-10-21(19)31)14-23-26(33)32-25(17-11-12-22(35-4)20(29)13-17)24(27(34)36-6-2)16(3)30-28(32)37-23/h7-15,25H,5-6H2,1-4H3/b23-14+/t25-/m1/s1. The number of carbonyl (C=O) groups is 1. The minimum absolute atomic E-state index is 0.205. The van der Waals surface area contributed by atoms with Gasteiger partial charge in [0, 0.05) is 29.2 Å². The summed E-state index contributed by atoms with van der Waals surface area (Å²) in [6, 6.07) is 13.0. The Hall–Kier alpha value is -3.43. The van der Waals surface area contributed by atoms with Gasteiger partial charge in [-0.25, -0.2) is 9.79 Å². The molecule has 5 rings (SSSR count). The van der Waals surface area contributed by atoms with Gasteiger partial charge in [-0.1, -0.05) is 35.6 Å². The molecule has 2 aromatic heterocycles. The van der Waals surface area contributed by atoms with E-state index in [1.165, 1.54) is 11.3 Å². The molecule has 1 atom stereocenters. The number of hydrogen-bond acceptors (Lipinski definition) is 6. The smallest absolute Gasteiger partial charge is 0.338 e. The summed E-state index contributed by atoms with van der Waals surface area (Å²) in [6.07, 6.45) is 3.99. The monoisotopic (exact) mass is 579 g/mol. The summed E-state index contributed by atoms with van der Waals surface area (Å²) < 4.78 is 15.8. The summed E-state index contributed by atoms with van der Waals surface area (Å²) in [5.74, 6) is 0.169. The van der Waals surface area contributed by atoms with E-state index in [0.29, 0.717) is 26.4 Å². The zero-order chi connectivity index (χ0) is 26.3. The highest BCUT2D eigenvalue weighted by Crippen LogP contribution is 2.35. The maximum absolute atomic E-state index is 13.9. The topological polar surface area (TPSA) is 74.8 Å². The van der Waals surface area contributed by atoms with Crippen LogP contribution >= 0.6 is 27.3 Å². The van der Waals surface area contributed by atoms with Gasteiger partial charge in [0.15, 0.2) is 4.80 Å². The molecule has 0 aliphatic carbocycles. The number of carbonyl (C=O) groups excluding carboxylic acids is 1. The highest BCUT2D eigenvalue weighted by atomic mass is 79.9. The van der Waals surface area contributed by atoms with Gasteiger partial charge in [0.25, 0.3) is 5.56 Å². The van der Waals surface area contributed by atoms with E-state index >= 15 is 0 Å². The van der Waals surface area contributed by atoms with Crippen LogP contribution in [0, 0.1) is 0 Å². The van der Waals surface area contributed by atoms with Crippen LogP contribution in [0.5, 0.6) is 5.75 Å². The zero-order valence-electron chi connectivity index (χ0n) is 20.9. The fraction of sp³-hybridized carbons (Fsp3) is 0.250. The molecule has 0 fully saturated rings. The van der Waals surface area contributed by atoms with Gasteiger partial charge in [0.2, 0.25) is 0 Å². The van der Waals surface area contributed by atoms with Crippen molar-refractivity contribution in [2.45, 2.75) is 33.4 Å². The van der Waals surface area contributed by atoms with Crippen LogP contribution < -0.4 is 19.6 Å². The fourth-order valence-electron chi connectivity index (χ4n) is 4.75. The number of benzene rings is 2. The molecule has 7 nitrogen and oxygen atoms in total. The Morgan fingerprint density at radius 2 is 2.00 bits per heavy atom. The second-order valence-electron chi connectivity index (χ2n) is 8.58. The van der Waals surface area contributed by atoms with Gasteiger partial charge in [0.1, 0.15) is 5.75 Å². The van der Waals surface area contributed by atoms with Crippen molar-refractivity contribution in [1.29, 1.82) is 0 Å². The predicted molar refractivity (Wildman–Crippen MR) is 149 cm³/mol. The van der Waals surface area contributed by atoms with Crippen LogP contribution in [0.3, 0.4) is 0 Å². The number of para-hydroxylation sites is 1. The number of allylic oxidation sites excluding steroid dienone is 1. The Morgan fingerprint density at radius 3 is 2.70 bits per heavy atom. The highest BCUT2D eigenvalue weighted by Gasteiger charge is 2.33. The molecule has 1 aliphatic rings. The summed E-state index contributed by atoms with van der Waals surface area (Å²) in [6.45, 7) is 6.68. The first-order valence-corrected chi connectivity index (χ1v) is 13.6. The van der Waals surface area contributed by atoms with E-state index in [0.717, 1.165) is 33.0 Å². The van der Waals surface area contributed by atoms with Crippen molar-refractivity contribution in [1.82, 2.24) is 9.13 Å². The average molecular weight is 581 g/mol. The number of ether oxygens (including phenoxy) is 2. The molecule has 1 aliphatic heterocycles. The van der Waals surface area contributed by atoms with E-state index < -0.39 is 12.0 Å². The van der Waals surface area contributed by atoms with Gasteiger partial charge in [0.05, 0.1) is 40.0 Å². The molecule has 0 unspecified atom stereocenters. The third kappa shape index (κ3) is 4.36. The van der Waals surface area contributed by atoms with Crippen LogP contribution in [-0.2, 0) is 16.1 Å². The van der Waals surface area contributed by atoms with Crippen LogP contribution in [0.15, 0.2) is 74.2 Å². The lowest BCUT2D eigenvalue weighted by Crippen LogP contribution is -2.39. The van der Waals surface area contributed by atoms with E-state index in [4.69, 9.17) is 9.47 Å². The normalized spacial score (nSPS) is 15.6. The molecule has 37 heavy (non-hydrogen) atoms. The highest BCUT2D eigenvalue weighted by molar-refractivity contribution is 9.10. The van der Waals surface area contributed by atoms with Crippen LogP contribution in [0.1, 0.15) is 37.9 Å². The SMILES string of the molecule is CCOC(=O)C1=C(C)N=c2s/c(=C/c3cn(CC)c4ccccc34)c(=O)n2[C@@H]1c1ccc(OC)c(Br)c1. The average Bonchev–Trinajstić information content (AvgIpc) is 3.40. The van der Waals surface area contributed by atoms with Gasteiger partial charge in [-0.2, -0.15) is 0 Å². The molecular weight excluding hydrogens is 554 g/mol. The largest absolute Gasteiger partial charge is 0.496 e. The minimum Gasteiger partial charge on any atom is -0.496 e. The molecule has 0 amide bonds. The number of aryl methyl sites for hydroxylation is 1. The van der Waals surface area contributed by atoms with Crippen molar-refractivity contribution >= 4 is 50.2 Å². The summed E-state index contributed by atoms with van der Waals surface area (Å²) in [7, 11) is 1.59. The molecule has 3 heterocycles. The first-order valence-electron chi connectivity index (χ1n) is 12.0. The Bertz CT molecular complexity index is 1750. The van der Waals surface area contributed by atoms with Crippen molar-refractivity contribution < 1.29 is 14.3 Å². The van der Waals surface area contributed by atoms with Crippen LogP contribution in [0.25, 0.3) is 17.0 Å². The molecule has 9 heteroatoms. The number of nitrogens with zero attached hydrogens (tertiary/aromatic N) is 3. The predicted octanol–water partition coefficient (Wildman–Crippen LogP) is 4.54. The zero-order valence-corrected chi connectivity index (χ0v) is 23.4. The summed E-state index contributed by atoms with van der Waals surface area (Å²) in [5, 5.41) is 1.08. The quantitative estimate of drug-likeness (QED) is 0.314.